The molecule has 0 aliphatic carbocycles. The third-order valence-electron chi connectivity index (χ3n) is 2.40. The maximum absolute atomic E-state index is 11.8. The molecular weight excluding hydrogens is 266 g/mol. The van der Waals surface area contributed by atoms with Gasteiger partial charge in [-0.05, 0) is 25.0 Å². The zero-order valence-electron chi connectivity index (χ0n) is 11.4. The zero-order valence-corrected chi connectivity index (χ0v) is 12.2. The largest absolute Gasteiger partial charge is 0.460 e. The van der Waals surface area contributed by atoms with Crippen LogP contribution in [0.15, 0.2) is 12.1 Å². The van der Waals surface area contributed by atoms with E-state index in [1.165, 1.54) is 6.07 Å². The van der Waals surface area contributed by atoms with Crippen molar-refractivity contribution < 1.29 is 14.3 Å². The Balaban J connectivity index is 2.51. The molecule has 0 atom stereocenters. The molecule has 0 unspecified atom stereocenters. The molecule has 0 radical (unpaired) electrons. The van der Waals surface area contributed by atoms with E-state index in [0.717, 1.165) is 25.0 Å². The van der Waals surface area contributed by atoms with Crippen LogP contribution in [0.3, 0.4) is 0 Å². The highest BCUT2D eigenvalue weighted by Crippen LogP contribution is 2.13. The van der Waals surface area contributed by atoms with Crippen molar-refractivity contribution in [2.24, 2.45) is 0 Å². The molecule has 0 spiro atoms. The second-order valence-electron chi connectivity index (χ2n) is 4.17. The summed E-state index contributed by atoms with van der Waals surface area (Å²) in [7, 11) is 0. The number of nitrogens with zero attached hydrogens (tertiary/aromatic N) is 1. The molecule has 5 heteroatoms. The molecule has 0 saturated carbocycles. The molecule has 0 aliphatic heterocycles. The van der Waals surface area contributed by atoms with E-state index >= 15 is 0 Å². The molecule has 0 amide bonds. The number of aromatic nitrogens is 1. The van der Waals surface area contributed by atoms with Gasteiger partial charge < -0.3 is 9.47 Å². The van der Waals surface area contributed by atoms with Gasteiger partial charge in [-0.25, -0.2) is 9.78 Å². The first-order chi connectivity index (χ1) is 9.17. The maximum atomic E-state index is 11.8. The number of esters is 1. The smallest absolute Gasteiger partial charge is 0.338 e. The number of hydrogen-bond donors (Lipinski definition) is 0. The SMILES string of the molecule is CCCOCCOC(=O)c1cc(Cl)nc(CCC)c1. The fourth-order valence-corrected chi connectivity index (χ4v) is 1.80. The van der Waals surface area contributed by atoms with Crippen LogP contribution in [-0.4, -0.2) is 30.8 Å². The van der Waals surface area contributed by atoms with Crippen LogP contribution < -0.4 is 0 Å². The molecule has 4 nitrogen and oxygen atoms in total. The van der Waals surface area contributed by atoms with Crippen LogP contribution in [0.5, 0.6) is 0 Å². The molecule has 0 aliphatic rings. The van der Waals surface area contributed by atoms with Crippen LogP contribution in [0.2, 0.25) is 5.15 Å². The van der Waals surface area contributed by atoms with Gasteiger partial charge in [-0.1, -0.05) is 31.9 Å². The van der Waals surface area contributed by atoms with E-state index in [9.17, 15) is 4.79 Å². The molecule has 0 saturated heterocycles. The van der Waals surface area contributed by atoms with Gasteiger partial charge in [0.2, 0.25) is 0 Å². The summed E-state index contributed by atoms with van der Waals surface area (Å²) in [6, 6.07) is 3.25. The lowest BCUT2D eigenvalue weighted by Crippen LogP contribution is -2.12. The molecule has 1 aromatic heterocycles. The van der Waals surface area contributed by atoms with Crippen LogP contribution >= 0.6 is 11.6 Å². The molecule has 0 fully saturated rings. The lowest BCUT2D eigenvalue weighted by molar-refractivity contribution is 0.0318. The third-order valence-corrected chi connectivity index (χ3v) is 2.59. The van der Waals surface area contributed by atoms with Gasteiger partial charge in [0.15, 0.2) is 0 Å². The topological polar surface area (TPSA) is 48.4 Å². The fourth-order valence-electron chi connectivity index (χ4n) is 1.58. The van der Waals surface area contributed by atoms with Gasteiger partial charge in [-0.15, -0.1) is 0 Å². The van der Waals surface area contributed by atoms with Crippen molar-refractivity contribution in [2.45, 2.75) is 33.1 Å². The monoisotopic (exact) mass is 285 g/mol. The highest BCUT2D eigenvalue weighted by atomic mass is 35.5. The van der Waals surface area contributed by atoms with Crippen molar-refractivity contribution in [1.29, 1.82) is 0 Å². The van der Waals surface area contributed by atoms with Crippen LogP contribution in [0, 0.1) is 0 Å². The summed E-state index contributed by atoms with van der Waals surface area (Å²) < 4.78 is 10.4. The number of aryl methyl sites for hydroxylation is 1. The number of carbonyl (C=O) groups excluding carboxylic acids is 1. The van der Waals surface area contributed by atoms with Crippen molar-refractivity contribution >= 4 is 17.6 Å². The van der Waals surface area contributed by atoms with Gasteiger partial charge in [0, 0.05) is 12.3 Å². The van der Waals surface area contributed by atoms with E-state index in [-0.39, 0.29) is 12.6 Å². The first-order valence-corrected chi connectivity index (χ1v) is 6.96. The van der Waals surface area contributed by atoms with Gasteiger partial charge in [-0.3, -0.25) is 0 Å². The predicted molar refractivity (Wildman–Crippen MR) is 74.6 cm³/mol. The summed E-state index contributed by atoms with van der Waals surface area (Å²) in [5.74, 6) is -0.387. The highest BCUT2D eigenvalue weighted by Gasteiger charge is 2.10. The Hall–Kier alpha value is -1.13. The van der Waals surface area contributed by atoms with Crippen molar-refractivity contribution in [3.8, 4) is 0 Å². The quantitative estimate of drug-likeness (QED) is 0.418. The first kappa shape index (κ1) is 15.9. The van der Waals surface area contributed by atoms with Gasteiger partial charge in [-0.2, -0.15) is 0 Å². The third kappa shape index (κ3) is 6.03. The second kappa shape index (κ2) is 8.88. The molecule has 0 aromatic carbocycles. The molecule has 1 rings (SSSR count). The highest BCUT2D eigenvalue weighted by molar-refractivity contribution is 6.29. The molecule has 19 heavy (non-hydrogen) atoms. The van der Waals surface area contributed by atoms with Crippen LogP contribution in [-0.2, 0) is 15.9 Å². The summed E-state index contributed by atoms with van der Waals surface area (Å²) in [5.41, 5.74) is 1.25. The van der Waals surface area contributed by atoms with Gasteiger partial charge >= 0.3 is 5.97 Å². The summed E-state index contributed by atoms with van der Waals surface area (Å²) in [6.45, 7) is 5.42. The summed E-state index contributed by atoms with van der Waals surface area (Å²) in [5, 5.41) is 0.320. The predicted octanol–water partition coefficient (Wildman–Crippen LogP) is 3.27. The van der Waals surface area contributed by atoms with Crippen molar-refractivity contribution in [1.82, 2.24) is 4.98 Å². The summed E-state index contributed by atoms with van der Waals surface area (Å²) >= 11 is 5.89. The number of carbonyl (C=O) groups is 1. The van der Waals surface area contributed by atoms with Crippen LogP contribution in [0.25, 0.3) is 0 Å². The standard InChI is InChI=1S/C14H20ClNO3/c1-3-5-12-9-11(10-13(15)16-12)14(17)19-8-7-18-6-4-2/h9-10H,3-8H2,1-2H3. The van der Waals surface area contributed by atoms with Crippen molar-refractivity contribution in [2.75, 3.05) is 19.8 Å². The number of pyridine rings is 1. The van der Waals surface area contributed by atoms with E-state index in [1.807, 2.05) is 13.8 Å². The van der Waals surface area contributed by atoms with E-state index in [1.54, 1.807) is 6.07 Å². The lowest BCUT2D eigenvalue weighted by atomic mass is 10.2. The average molecular weight is 286 g/mol. The molecule has 0 bridgehead atoms. The van der Waals surface area contributed by atoms with Crippen LogP contribution in [0.1, 0.15) is 42.7 Å². The van der Waals surface area contributed by atoms with Gasteiger partial charge in [0.05, 0.1) is 12.2 Å². The molecule has 0 N–H and O–H groups in total. The molecule has 106 valence electrons. The Morgan fingerprint density at radius 2 is 2.00 bits per heavy atom. The molecule has 1 aromatic rings. The summed E-state index contributed by atoms with van der Waals surface area (Å²) in [6.07, 6.45) is 2.70. The van der Waals surface area contributed by atoms with E-state index in [4.69, 9.17) is 21.1 Å². The van der Waals surface area contributed by atoms with Crippen molar-refractivity contribution in [3.05, 3.63) is 28.5 Å². The first-order valence-electron chi connectivity index (χ1n) is 6.58. The van der Waals surface area contributed by atoms with Gasteiger partial charge in [0.1, 0.15) is 11.8 Å². The fraction of sp³-hybridized carbons (Fsp3) is 0.571. The number of rotatable bonds is 8. The Kier molecular flexibility index (Phi) is 7.45. The lowest BCUT2D eigenvalue weighted by Gasteiger charge is -2.07. The molecule has 1 heterocycles. The van der Waals surface area contributed by atoms with E-state index < -0.39 is 0 Å². The van der Waals surface area contributed by atoms with E-state index in [0.29, 0.717) is 23.9 Å². The average Bonchev–Trinajstić information content (AvgIpc) is 2.38. The Labute approximate surface area is 119 Å². The number of halogens is 1. The zero-order chi connectivity index (χ0) is 14.1. The Morgan fingerprint density at radius 1 is 1.21 bits per heavy atom. The van der Waals surface area contributed by atoms with Gasteiger partial charge in [0.25, 0.3) is 0 Å². The minimum absolute atomic E-state index is 0.252. The Morgan fingerprint density at radius 3 is 2.68 bits per heavy atom. The van der Waals surface area contributed by atoms with E-state index in [2.05, 4.69) is 4.98 Å². The Bertz CT molecular complexity index is 410. The summed E-state index contributed by atoms with van der Waals surface area (Å²) in [4.78, 5) is 16.0. The van der Waals surface area contributed by atoms with Crippen LogP contribution in [0.4, 0.5) is 0 Å². The normalized spacial score (nSPS) is 10.5. The second-order valence-corrected chi connectivity index (χ2v) is 4.56. The molecular formula is C14H20ClNO3. The van der Waals surface area contributed by atoms with Crippen molar-refractivity contribution in [3.63, 3.8) is 0 Å². The number of hydrogen-bond acceptors (Lipinski definition) is 4. The minimum atomic E-state index is -0.387. The number of ether oxygens (including phenoxy) is 2. The maximum Gasteiger partial charge on any atom is 0.338 e. The minimum Gasteiger partial charge on any atom is -0.460 e.